The highest BCUT2D eigenvalue weighted by atomic mass is 16.6. The fourth-order valence-corrected chi connectivity index (χ4v) is 4.66. The van der Waals surface area contributed by atoms with Gasteiger partial charge in [-0.15, -0.1) is 0 Å². The summed E-state index contributed by atoms with van der Waals surface area (Å²) in [4.78, 5) is 23.2. The zero-order valence-corrected chi connectivity index (χ0v) is 18.5. The van der Waals surface area contributed by atoms with Crippen LogP contribution in [0.3, 0.4) is 0 Å². The number of hydrogen-bond acceptors (Lipinski definition) is 5. The number of carbonyl (C=O) groups is 1. The number of nitrogens with zero attached hydrogens (tertiary/aromatic N) is 2. The average Bonchev–Trinajstić information content (AvgIpc) is 3.09. The normalized spacial score (nSPS) is 14.4. The lowest BCUT2D eigenvalue weighted by Crippen LogP contribution is -2.15. The predicted molar refractivity (Wildman–Crippen MR) is 122 cm³/mol. The number of nitro benzene ring substituents is 1. The molecule has 7 nitrogen and oxygen atoms in total. The Hall–Kier alpha value is -3.35. The smallest absolute Gasteiger partial charge is 0.340 e. The van der Waals surface area contributed by atoms with Crippen LogP contribution in [-0.2, 0) is 11.3 Å². The summed E-state index contributed by atoms with van der Waals surface area (Å²) in [7, 11) is 0. The fraction of sp³-hybridized carbons (Fsp3) is 0.400. The van der Waals surface area contributed by atoms with Gasteiger partial charge in [-0.05, 0) is 62.6 Å². The topological polar surface area (TPSA) is 83.6 Å². The van der Waals surface area contributed by atoms with Gasteiger partial charge in [-0.3, -0.25) is 10.1 Å². The maximum absolute atomic E-state index is 12.8. The Kier molecular flexibility index (Phi) is 6.44. The Labute approximate surface area is 187 Å². The molecule has 1 heterocycles. The van der Waals surface area contributed by atoms with E-state index in [1.165, 1.54) is 31.4 Å². The molecule has 0 bridgehead atoms. The monoisotopic (exact) mass is 436 g/mol. The molecule has 1 aromatic heterocycles. The van der Waals surface area contributed by atoms with Gasteiger partial charge in [0, 0.05) is 34.8 Å². The third kappa shape index (κ3) is 4.33. The minimum atomic E-state index is -0.422. The average molecular weight is 437 g/mol. The van der Waals surface area contributed by atoms with Crippen LogP contribution in [0.5, 0.6) is 5.75 Å². The van der Waals surface area contributed by atoms with E-state index in [2.05, 4.69) is 4.57 Å². The van der Waals surface area contributed by atoms with Crippen LogP contribution in [0.15, 0.2) is 42.5 Å². The van der Waals surface area contributed by atoms with Gasteiger partial charge in [-0.1, -0.05) is 19.3 Å². The van der Waals surface area contributed by atoms with Gasteiger partial charge in [0.15, 0.2) is 0 Å². The van der Waals surface area contributed by atoms with Gasteiger partial charge in [0.1, 0.15) is 12.4 Å². The summed E-state index contributed by atoms with van der Waals surface area (Å²) in [6.45, 7) is 4.41. The van der Waals surface area contributed by atoms with Crippen molar-refractivity contribution in [3.63, 3.8) is 0 Å². The lowest BCUT2D eigenvalue weighted by molar-refractivity contribution is -0.384. The third-order valence-corrected chi connectivity index (χ3v) is 6.19. The van der Waals surface area contributed by atoms with Crippen molar-refractivity contribution in [3.8, 4) is 5.75 Å². The molecule has 4 rings (SSSR count). The van der Waals surface area contributed by atoms with Crippen molar-refractivity contribution in [1.29, 1.82) is 0 Å². The molecular weight excluding hydrogens is 408 g/mol. The number of hydrogen-bond donors (Lipinski definition) is 0. The van der Waals surface area contributed by atoms with E-state index in [9.17, 15) is 14.9 Å². The maximum Gasteiger partial charge on any atom is 0.340 e. The largest absolute Gasteiger partial charge is 0.489 e. The van der Waals surface area contributed by atoms with Gasteiger partial charge >= 0.3 is 5.97 Å². The number of esters is 1. The van der Waals surface area contributed by atoms with Crippen LogP contribution in [0, 0.1) is 17.0 Å². The van der Waals surface area contributed by atoms with E-state index in [0.717, 1.165) is 35.0 Å². The zero-order valence-electron chi connectivity index (χ0n) is 18.5. The molecule has 3 aromatic rings. The lowest BCUT2D eigenvalue weighted by Gasteiger charge is -2.26. The van der Waals surface area contributed by atoms with E-state index in [-0.39, 0.29) is 18.3 Å². The summed E-state index contributed by atoms with van der Waals surface area (Å²) in [5.74, 6) is 0.333. The number of fused-ring (bicyclic) bond motifs is 1. The van der Waals surface area contributed by atoms with Crippen LogP contribution in [0.4, 0.5) is 5.69 Å². The number of non-ortho nitro benzene ring substituents is 1. The molecule has 0 aliphatic heterocycles. The summed E-state index contributed by atoms with van der Waals surface area (Å²) in [6, 6.07) is 12.5. The quantitative estimate of drug-likeness (QED) is 0.253. The summed E-state index contributed by atoms with van der Waals surface area (Å²) in [5.41, 5.74) is 3.46. The Bertz CT molecular complexity index is 1130. The Morgan fingerprint density at radius 1 is 1.12 bits per heavy atom. The van der Waals surface area contributed by atoms with Gasteiger partial charge in [-0.25, -0.2) is 4.79 Å². The molecule has 0 saturated heterocycles. The number of carbonyl (C=O) groups excluding carboxylic acids is 1. The van der Waals surface area contributed by atoms with Gasteiger partial charge in [0.2, 0.25) is 0 Å². The van der Waals surface area contributed by atoms with Crippen molar-refractivity contribution in [2.75, 3.05) is 6.61 Å². The molecule has 0 radical (unpaired) electrons. The molecule has 32 heavy (non-hydrogen) atoms. The summed E-state index contributed by atoms with van der Waals surface area (Å²) >= 11 is 0. The van der Waals surface area contributed by atoms with E-state index in [1.54, 1.807) is 12.1 Å². The first kappa shape index (κ1) is 21.9. The minimum absolute atomic E-state index is 0.0498. The number of ether oxygens (including phenoxy) is 2. The highest BCUT2D eigenvalue weighted by Gasteiger charge is 2.26. The standard InChI is InChI=1S/C25H28N2O5/c1-3-31-25(28)24-17(2)26(19-7-5-4-6-8-19)23-14-13-21(15-22(23)24)32-16-18-9-11-20(12-10-18)27(29)30/h9-15,19H,3-8,16H2,1-2H3. The number of rotatable bonds is 7. The molecule has 1 saturated carbocycles. The molecular formula is C25H28N2O5. The van der Waals surface area contributed by atoms with Crippen LogP contribution in [0.1, 0.15) is 66.7 Å². The number of nitro groups is 1. The van der Waals surface area contributed by atoms with Crippen LogP contribution in [-0.4, -0.2) is 22.1 Å². The predicted octanol–water partition coefficient (Wildman–Crippen LogP) is 6.12. The molecule has 0 unspecified atom stereocenters. The van der Waals surface area contributed by atoms with Crippen molar-refractivity contribution in [2.24, 2.45) is 0 Å². The summed E-state index contributed by atoms with van der Waals surface area (Å²) < 4.78 is 13.6. The van der Waals surface area contributed by atoms with Gasteiger partial charge < -0.3 is 14.0 Å². The van der Waals surface area contributed by atoms with Crippen LogP contribution in [0.2, 0.25) is 0 Å². The van der Waals surface area contributed by atoms with Crippen molar-refractivity contribution < 1.29 is 19.2 Å². The molecule has 168 valence electrons. The van der Waals surface area contributed by atoms with Crippen molar-refractivity contribution in [3.05, 3.63) is 69.4 Å². The molecule has 1 fully saturated rings. The van der Waals surface area contributed by atoms with E-state index >= 15 is 0 Å². The lowest BCUT2D eigenvalue weighted by atomic mass is 9.95. The fourth-order valence-electron chi connectivity index (χ4n) is 4.66. The van der Waals surface area contributed by atoms with Crippen LogP contribution >= 0.6 is 0 Å². The molecule has 0 spiro atoms. The first-order chi connectivity index (χ1) is 15.5. The summed E-state index contributed by atoms with van der Waals surface area (Å²) in [6.07, 6.45) is 5.90. The second-order valence-electron chi connectivity index (χ2n) is 8.23. The highest BCUT2D eigenvalue weighted by molar-refractivity contribution is 6.06. The van der Waals surface area contributed by atoms with Gasteiger partial charge in [0.05, 0.1) is 17.1 Å². The van der Waals surface area contributed by atoms with E-state index in [4.69, 9.17) is 9.47 Å². The van der Waals surface area contributed by atoms with Gasteiger partial charge in [-0.2, -0.15) is 0 Å². The van der Waals surface area contributed by atoms with Crippen molar-refractivity contribution in [2.45, 2.75) is 58.6 Å². The van der Waals surface area contributed by atoms with Crippen molar-refractivity contribution >= 4 is 22.6 Å². The Balaban J connectivity index is 1.66. The second-order valence-corrected chi connectivity index (χ2v) is 8.23. The highest BCUT2D eigenvalue weighted by Crippen LogP contribution is 2.37. The third-order valence-electron chi connectivity index (χ3n) is 6.19. The minimum Gasteiger partial charge on any atom is -0.489 e. The zero-order chi connectivity index (χ0) is 22.7. The number of aromatic nitrogens is 1. The Morgan fingerprint density at radius 3 is 2.50 bits per heavy atom. The van der Waals surface area contributed by atoms with E-state index < -0.39 is 4.92 Å². The SMILES string of the molecule is CCOC(=O)c1c(C)n(C2CCCCC2)c2ccc(OCc3ccc([N+](=O)[O-])cc3)cc12. The van der Waals surface area contributed by atoms with Crippen LogP contribution in [0.25, 0.3) is 10.9 Å². The first-order valence-corrected chi connectivity index (χ1v) is 11.2. The molecule has 2 aromatic carbocycles. The second kappa shape index (κ2) is 9.42. The van der Waals surface area contributed by atoms with E-state index in [1.807, 2.05) is 32.0 Å². The molecule has 0 atom stereocenters. The van der Waals surface area contributed by atoms with Gasteiger partial charge in [0.25, 0.3) is 5.69 Å². The van der Waals surface area contributed by atoms with Crippen LogP contribution < -0.4 is 4.74 Å². The number of benzene rings is 2. The van der Waals surface area contributed by atoms with E-state index in [0.29, 0.717) is 24.0 Å². The summed E-state index contributed by atoms with van der Waals surface area (Å²) in [5, 5.41) is 11.7. The molecule has 1 aliphatic rings. The Morgan fingerprint density at radius 2 is 1.84 bits per heavy atom. The first-order valence-electron chi connectivity index (χ1n) is 11.2. The molecule has 0 N–H and O–H groups in total. The van der Waals surface area contributed by atoms with Crippen molar-refractivity contribution in [1.82, 2.24) is 4.57 Å². The molecule has 0 amide bonds. The molecule has 1 aliphatic carbocycles. The molecule has 7 heteroatoms. The maximum atomic E-state index is 12.8.